The lowest BCUT2D eigenvalue weighted by Gasteiger charge is -2.51. The zero-order valence-corrected chi connectivity index (χ0v) is 40.7. The van der Waals surface area contributed by atoms with Gasteiger partial charge in [0.2, 0.25) is 0 Å². The number of aliphatic hydroxyl groups excluding tert-OH is 6. The van der Waals surface area contributed by atoms with Crippen LogP contribution in [0.3, 0.4) is 0 Å². The second-order valence-corrected chi connectivity index (χ2v) is 18.4. The van der Waals surface area contributed by atoms with Crippen molar-refractivity contribution in [3.63, 3.8) is 0 Å². The molecule has 0 aromatic rings. The van der Waals surface area contributed by atoms with Gasteiger partial charge in [0.25, 0.3) is 0 Å². The minimum absolute atomic E-state index is 0.0736. The Kier molecular flexibility index (Phi) is 22.4. The van der Waals surface area contributed by atoms with Gasteiger partial charge in [0.1, 0.15) is 36.6 Å². The van der Waals surface area contributed by atoms with Gasteiger partial charge in [-0.25, -0.2) is 0 Å². The zero-order valence-electron chi connectivity index (χ0n) is 40.7. The molecule has 0 amide bonds. The van der Waals surface area contributed by atoms with E-state index in [4.69, 9.17) is 37.9 Å². The van der Waals surface area contributed by atoms with Crippen LogP contribution in [0.4, 0.5) is 0 Å². The van der Waals surface area contributed by atoms with Gasteiger partial charge in [-0.3, -0.25) is 14.7 Å². The molecule has 0 fully saturated rings. The molecule has 0 aromatic carbocycles. The SMILES string of the molecule is CO[C@H]1[C@H](CO)[C@@H](N(CCN(CCN(C2C=C[C@@H](CO)[C@@H](CO)[C@@H]2OC)[C@H]2C=C[C@@H](CO)[C@@H](CO)[C@@H]2CO)[C@H]2C=C[C@@H](OC)[C@@H](OC)[C@@H]2OC)[C@H]2C=C[C@@H](OC)[C@@H](OC)[C@@H]2OC)C=C[C@H]1C. The first kappa shape index (κ1) is 55.0. The van der Waals surface area contributed by atoms with Gasteiger partial charge in [0.05, 0.1) is 36.9 Å². The van der Waals surface area contributed by atoms with Gasteiger partial charge in [0.15, 0.2) is 0 Å². The largest absolute Gasteiger partial charge is 0.396 e. The molecule has 5 aliphatic carbocycles. The van der Waals surface area contributed by atoms with E-state index >= 15 is 0 Å². The van der Waals surface area contributed by atoms with Crippen molar-refractivity contribution < 1.29 is 68.5 Å². The molecule has 17 nitrogen and oxygen atoms in total. The summed E-state index contributed by atoms with van der Waals surface area (Å²) in [5, 5.41) is 64.3. The highest BCUT2D eigenvalue weighted by Gasteiger charge is 2.48. The number of nitrogens with zero attached hydrogens (tertiary/aromatic N) is 3. The van der Waals surface area contributed by atoms with Gasteiger partial charge < -0.3 is 68.5 Å². The Labute approximate surface area is 393 Å². The van der Waals surface area contributed by atoms with Crippen LogP contribution in [0.15, 0.2) is 60.8 Å². The Bertz CT molecular complexity index is 1530. The normalized spacial score (nSPS) is 40.3. The number of methoxy groups -OCH3 is 8. The van der Waals surface area contributed by atoms with E-state index in [1.54, 1.807) is 56.9 Å². The molecule has 6 N–H and O–H groups in total. The average molecular weight is 938 g/mol. The first-order valence-corrected chi connectivity index (χ1v) is 23.6. The summed E-state index contributed by atoms with van der Waals surface area (Å²) in [5.41, 5.74) is 0. The van der Waals surface area contributed by atoms with E-state index in [1.807, 2.05) is 36.5 Å². The summed E-state index contributed by atoms with van der Waals surface area (Å²) in [6.07, 6.45) is 17.3. The maximum Gasteiger partial charge on any atom is 0.115 e. The Hall–Kier alpha value is -1.98. The molecule has 0 bridgehead atoms. The van der Waals surface area contributed by atoms with Gasteiger partial charge in [-0.1, -0.05) is 67.7 Å². The van der Waals surface area contributed by atoms with Crippen molar-refractivity contribution in [1.29, 1.82) is 0 Å². The average Bonchev–Trinajstić information content (AvgIpc) is 3.36. The lowest BCUT2D eigenvalue weighted by atomic mass is 9.72. The summed E-state index contributed by atoms with van der Waals surface area (Å²) in [6, 6.07) is -1.70. The summed E-state index contributed by atoms with van der Waals surface area (Å²) >= 11 is 0. The third kappa shape index (κ3) is 11.6. The van der Waals surface area contributed by atoms with Crippen LogP contribution in [-0.2, 0) is 37.9 Å². The lowest BCUT2D eigenvalue weighted by molar-refractivity contribution is -0.132. The molecule has 0 radical (unpaired) electrons. The third-order valence-corrected chi connectivity index (χ3v) is 15.6. The molecular formula is C49H83N3O14. The number of hydrogen-bond donors (Lipinski definition) is 6. The van der Waals surface area contributed by atoms with Gasteiger partial charge in [-0.15, -0.1) is 0 Å². The van der Waals surface area contributed by atoms with Crippen molar-refractivity contribution in [2.75, 3.05) is 123 Å². The van der Waals surface area contributed by atoms with Crippen molar-refractivity contribution in [2.24, 2.45) is 41.4 Å². The maximum absolute atomic E-state index is 11.1. The van der Waals surface area contributed by atoms with Crippen molar-refractivity contribution in [3.8, 4) is 0 Å². The van der Waals surface area contributed by atoms with E-state index < -0.39 is 60.4 Å². The van der Waals surface area contributed by atoms with Crippen LogP contribution in [0.1, 0.15) is 6.92 Å². The standard InChI is InChI=1S/C49H83N3O14/c1-30-10-13-38(36(29-58)44(30)61-4)52(41-17-19-43(60-3)49(66-9)47(41)64-7)23-21-50(39-16-18-42(59-2)48(65-8)46(39)63-6)20-22-51(37-14-11-31(24-53)33(26-55)35(37)28-57)40-15-12-32(25-54)34(27-56)45(40)62-5/h10-19,30-49,53-58H,20-29H2,1-9H3/t30-,31+,32+,33-,34-,35+,36-,37+,38+,39+,40?,41+,42-,43-,44-,45+,46-,47-,48-,49-/m1/s1. The summed E-state index contributed by atoms with van der Waals surface area (Å²) in [5.74, 6) is -2.15. The molecule has 5 rings (SSSR count). The molecule has 378 valence electrons. The van der Waals surface area contributed by atoms with E-state index in [9.17, 15) is 30.6 Å². The third-order valence-electron chi connectivity index (χ3n) is 15.6. The minimum Gasteiger partial charge on any atom is -0.396 e. The van der Waals surface area contributed by atoms with Gasteiger partial charge in [-0.2, -0.15) is 0 Å². The maximum atomic E-state index is 11.1. The number of ether oxygens (including phenoxy) is 8. The fourth-order valence-corrected chi connectivity index (χ4v) is 12.0. The highest BCUT2D eigenvalue weighted by molar-refractivity contribution is 5.20. The predicted molar refractivity (Wildman–Crippen MR) is 249 cm³/mol. The molecule has 0 heterocycles. The van der Waals surface area contributed by atoms with E-state index in [1.165, 1.54) is 0 Å². The highest BCUT2D eigenvalue weighted by atomic mass is 16.6. The molecule has 5 aliphatic rings. The van der Waals surface area contributed by atoms with E-state index in [2.05, 4.69) is 45.9 Å². The fourth-order valence-electron chi connectivity index (χ4n) is 12.0. The molecule has 0 saturated heterocycles. The van der Waals surface area contributed by atoms with Crippen molar-refractivity contribution >= 4 is 0 Å². The van der Waals surface area contributed by atoms with Gasteiger partial charge in [-0.05, 0) is 5.92 Å². The molecule has 17 heteroatoms. The topological polar surface area (TPSA) is 205 Å². The molecule has 20 atom stereocenters. The van der Waals surface area contributed by atoms with Crippen LogP contribution >= 0.6 is 0 Å². The van der Waals surface area contributed by atoms with Gasteiger partial charge >= 0.3 is 0 Å². The van der Waals surface area contributed by atoms with Crippen LogP contribution in [0.2, 0.25) is 0 Å². The van der Waals surface area contributed by atoms with E-state index in [0.29, 0.717) is 26.2 Å². The fraction of sp³-hybridized carbons (Fsp3) is 0.796. The predicted octanol–water partition coefficient (Wildman–Crippen LogP) is -0.00850. The molecule has 0 aliphatic heterocycles. The summed E-state index contributed by atoms with van der Waals surface area (Å²) < 4.78 is 48.7. The Morgan fingerprint density at radius 2 is 0.727 bits per heavy atom. The van der Waals surface area contributed by atoms with Crippen LogP contribution in [-0.4, -0.2) is 247 Å². The monoisotopic (exact) mass is 938 g/mol. The Morgan fingerprint density at radius 1 is 0.333 bits per heavy atom. The second-order valence-electron chi connectivity index (χ2n) is 18.4. The lowest BCUT2D eigenvalue weighted by Crippen LogP contribution is -2.63. The van der Waals surface area contributed by atoms with Crippen LogP contribution < -0.4 is 0 Å². The summed E-state index contributed by atoms with van der Waals surface area (Å²) in [6.45, 7) is 2.87. The number of aliphatic hydroxyl groups is 6. The molecular weight excluding hydrogens is 855 g/mol. The van der Waals surface area contributed by atoms with E-state index in [0.717, 1.165) is 0 Å². The first-order valence-electron chi connectivity index (χ1n) is 23.6. The van der Waals surface area contributed by atoms with Crippen LogP contribution in [0.25, 0.3) is 0 Å². The molecule has 66 heavy (non-hydrogen) atoms. The number of hydrogen-bond acceptors (Lipinski definition) is 17. The van der Waals surface area contributed by atoms with Crippen molar-refractivity contribution in [3.05, 3.63) is 60.8 Å². The van der Waals surface area contributed by atoms with Crippen LogP contribution in [0.5, 0.6) is 0 Å². The molecule has 0 saturated carbocycles. The smallest absolute Gasteiger partial charge is 0.115 e. The van der Waals surface area contributed by atoms with E-state index in [-0.39, 0.29) is 99.8 Å². The Morgan fingerprint density at radius 3 is 1.18 bits per heavy atom. The van der Waals surface area contributed by atoms with Gasteiger partial charge in [0, 0.05) is 164 Å². The summed E-state index contributed by atoms with van der Waals surface area (Å²) in [4.78, 5) is 7.02. The summed E-state index contributed by atoms with van der Waals surface area (Å²) in [7, 11) is 13.3. The minimum atomic E-state index is -0.531. The van der Waals surface area contributed by atoms with Crippen molar-refractivity contribution in [2.45, 2.75) is 86.0 Å². The molecule has 0 aromatic heterocycles. The highest BCUT2D eigenvalue weighted by Crippen LogP contribution is 2.39. The van der Waals surface area contributed by atoms with Crippen molar-refractivity contribution in [1.82, 2.24) is 14.7 Å². The molecule has 0 spiro atoms. The number of rotatable bonds is 25. The second kappa shape index (κ2) is 26.8. The Balaban J connectivity index is 1.63. The van der Waals surface area contributed by atoms with Crippen LogP contribution in [0, 0.1) is 41.4 Å². The zero-order chi connectivity index (χ0) is 48.1. The molecule has 1 unspecified atom stereocenters. The first-order chi connectivity index (χ1) is 32.1. The quantitative estimate of drug-likeness (QED) is 0.0667.